The van der Waals surface area contributed by atoms with E-state index in [0.29, 0.717) is 35.6 Å². The van der Waals surface area contributed by atoms with Gasteiger partial charge in [-0.2, -0.15) is 0 Å². The third-order valence-corrected chi connectivity index (χ3v) is 4.60. The maximum atomic E-state index is 12.7. The van der Waals surface area contributed by atoms with E-state index in [1.807, 2.05) is 13.8 Å². The number of nitrogens with one attached hydrogen (secondary N) is 2. The zero-order valence-electron chi connectivity index (χ0n) is 15.4. The van der Waals surface area contributed by atoms with Crippen molar-refractivity contribution in [2.45, 2.75) is 32.0 Å². The van der Waals surface area contributed by atoms with E-state index in [1.165, 1.54) is 4.57 Å². The molecule has 0 radical (unpaired) electrons. The molecule has 1 heterocycles. The monoisotopic (exact) mass is 392 g/mol. The van der Waals surface area contributed by atoms with Crippen LogP contribution in [0, 0.1) is 5.92 Å². The van der Waals surface area contributed by atoms with E-state index in [1.54, 1.807) is 24.3 Å². The van der Waals surface area contributed by atoms with E-state index < -0.39 is 11.9 Å². The summed E-state index contributed by atoms with van der Waals surface area (Å²) in [4.78, 5) is 40.8. The highest BCUT2D eigenvalue weighted by molar-refractivity contribution is 7.99. The summed E-state index contributed by atoms with van der Waals surface area (Å²) in [7, 11) is 0. The fourth-order valence-electron chi connectivity index (χ4n) is 2.32. The zero-order valence-corrected chi connectivity index (χ0v) is 16.2. The lowest BCUT2D eigenvalue weighted by Crippen LogP contribution is -2.41. The molecule has 1 aromatic heterocycles. The minimum Gasteiger partial charge on any atom is -0.396 e. The molecular weight excluding hydrogens is 368 g/mol. The van der Waals surface area contributed by atoms with E-state index >= 15 is 0 Å². The first-order valence-corrected chi connectivity index (χ1v) is 9.72. The number of imide groups is 1. The summed E-state index contributed by atoms with van der Waals surface area (Å²) >= 11 is 1.08. The van der Waals surface area contributed by atoms with Crippen LogP contribution in [0.1, 0.15) is 20.3 Å². The third kappa shape index (κ3) is 6.07. The van der Waals surface area contributed by atoms with Crippen molar-refractivity contribution >= 4 is 34.6 Å². The van der Waals surface area contributed by atoms with Gasteiger partial charge in [-0.3, -0.25) is 19.5 Å². The second kappa shape index (κ2) is 10.1. The highest BCUT2D eigenvalue weighted by atomic mass is 32.2. The molecule has 0 aliphatic rings. The molecule has 0 aliphatic carbocycles. The molecule has 3 amide bonds. The molecule has 0 atom stereocenters. The highest BCUT2D eigenvalue weighted by Gasteiger charge is 2.14. The smallest absolute Gasteiger partial charge is 0.321 e. The average Bonchev–Trinajstić information content (AvgIpc) is 2.64. The summed E-state index contributed by atoms with van der Waals surface area (Å²) in [6.07, 6.45) is 0.400. The van der Waals surface area contributed by atoms with Crippen LogP contribution in [0.25, 0.3) is 10.9 Å². The highest BCUT2D eigenvalue weighted by Crippen LogP contribution is 2.17. The number of aliphatic hydroxyl groups excluding tert-OH is 1. The Kier molecular flexibility index (Phi) is 7.81. The van der Waals surface area contributed by atoms with Crippen molar-refractivity contribution in [3.05, 3.63) is 34.6 Å². The Hall–Kier alpha value is -2.39. The van der Waals surface area contributed by atoms with Gasteiger partial charge < -0.3 is 10.4 Å². The first-order valence-electron chi connectivity index (χ1n) is 8.73. The van der Waals surface area contributed by atoms with Crippen molar-refractivity contribution in [1.29, 1.82) is 0 Å². The molecule has 8 nitrogen and oxygen atoms in total. The fourth-order valence-corrected chi connectivity index (χ4v) is 3.14. The summed E-state index contributed by atoms with van der Waals surface area (Å²) < 4.78 is 1.45. The number of amides is 3. The second-order valence-electron chi connectivity index (χ2n) is 6.39. The predicted molar refractivity (Wildman–Crippen MR) is 105 cm³/mol. The molecule has 9 heteroatoms. The van der Waals surface area contributed by atoms with E-state index in [9.17, 15) is 14.4 Å². The minimum atomic E-state index is -0.543. The van der Waals surface area contributed by atoms with Crippen LogP contribution in [0.2, 0.25) is 0 Å². The molecule has 0 aliphatic heterocycles. The molecule has 0 bridgehead atoms. The van der Waals surface area contributed by atoms with Gasteiger partial charge >= 0.3 is 6.03 Å². The summed E-state index contributed by atoms with van der Waals surface area (Å²) in [5.41, 5.74) is 0.326. The molecule has 0 fully saturated rings. The molecule has 2 rings (SSSR count). The first-order chi connectivity index (χ1) is 12.9. The molecule has 1 aromatic carbocycles. The Morgan fingerprint density at radius 1 is 1.30 bits per heavy atom. The number of benzene rings is 1. The molecule has 0 spiro atoms. The van der Waals surface area contributed by atoms with Crippen LogP contribution >= 0.6 is 11.8 Å². The molecule has 27 heavy (non-hydrogen) atoms. The number of aliphatic hydroxyl groups is 1. The lowest BCUT2D eigenvalue weighted by molar-refractivity contribution is -0.117. The number of hydrogen-bond donors (Lipinski definition) is 3. The van der Waals surface area contributed by atoms with Crippen LogP contribution in [-0.2, 0) is 11.3 Å². The Balaban J connectivity index is 2.11. The first kappa shape index (κ1) is 20.9. The van der Waals surface area contributed by atoms with Crippen molar-refractivity contribution in [2.75, 3.05) is 18.9 Å². The maximum absolute atomic E-state index is 12.7. The predicted octanol–water partition coefficient (Wildman–Crippen LogP) is 1.35. The van der Waals surface area contributed by atoms with E-state index in [4.69, 9.17) is 5.11 Å². The van der Waals surface area contributed by atoms with Gasteiger partial charge in [0.2, 0.25) is 5.91 Å². The molecule has 0 saturated carbocycles. The van der Waals surface area contributed by atoms with Gasteiger partial charge in [-0.15, -0.1) is 0 Å². The van der Waals surface area contributed by atoms with Gasteiger partial charge in [0, 0.05) is 19.7 Å². The topological polar surface area (TPSA) is 113 Å². The summed E-state index contributed by atoms with van der Waals surface area (Å²) in [6, 6.07) is 6.43. The number of fused-ring (bicyclic) bond motifs is 1. The number of rotatable bonds is 8. The number of carbonyl (C=O) groups excluding carboxylic acids is 2. The lowest BCUT2D eigenvalue weighted by Gasteiger charge is -2.12. The lowest BCUT2D eigenvalue weighted by atomic mass is 10.2. The summed E-state index contributed by atoms with van der Waals surface area (Å²) in [6.45, 7) is 4.62. The van der Waals surface area contributed by atoms with Gasteiger partial charge in [-0.05, 0) is 24.5 Å². The van der Waals surface area contributed by atoms with E-state index in [-0.39, 0.29) is 23.8 Å². The van der Waals surface area contributed by atoms with E-state index in [2.05, 4.69) is 15.6 Å². The van der Waals surface area contributed by atoms with Crippen LogP contribution in [0.15, 0.2) is 34.2 Å². The largest absolute Gasteiger partial charge is 0.396 e. The van der Waals surface area contributed by atoms with Crippen molar-refractivity contribution in [3.63, 3.8) is 0 Å². The summed E-state index contributed by atoms with van der Waals surface area (Å²) in [5, 5.41) is 14.8. The SMILES string of the molecule is CC(C)CNC(=O)NC(=O)CSc1nc2ccccc2c(=O)n1CCCO. The Bertz CT molecular complexity index is 866. The Labute approximate surface area is 161 Å². The maximum Gasteiger partial charge on any atom is 0.321 e. The Morgan fingerprint density at radius 3 is 2.74 bits per heavy atom. The molecule has 0 saturated heterocycles. The number of thioether (sulfide) groups is 1. The van der Waals surface area contributed by atoms with Gasteiger partial charge in [0.05, 0.1) is 16.7 Å². The third-order valence-electron chi connectivity index (χ3n) is 3.62. The van der Waals surface area contributed by atoms with Gasteiger partial charge in [0.15, 0.2) is 5.16 Å². The van der Waals surface area contributed by atoms with Crippen LogP contribution in [0.5, 0.6) is 0 Å². The molecule has 3 N–H and O–H groups in total. The zero-order chi connectivity index (χ0) is 19.8. The van der Waals surface area contributed by atoms with Gasteiger partial charge in [0.1, 0.15) is 0 Å². The standard InChI is InChI=1S/C18H24N4O4S/c1-12(2)10-19-17(26)21-15(24)11-27-18-20-14-7-4-3-6-13(14)16(25)22(18)8-5-9-23/h3-4,6-7,12,23H,5,8-11H2,1-2H3,(H2,19,21,24,26). The molecule has 2 aromatic rings. The van der Waals surface area contributed by atoms with Crippen molar-refractivity contribution in [2.24, 2.45) is 5.92 Å². The average molecular weight is 392 g/mol. The second-order valence-corrected chi connectivity index (χ2v) is 7.33. The normalized spacial score (nSPS) is 11.0. The van der Waals surface area contributed by atoms with E-state index in [0.717, 1.165) is 11.8 Å². The minimum absolute atomic E-state index is 0.0557. The summed E-state index contributed by atoms with van der Waals surface area (Å²) in [5.74, 6) is -0.251. The van der Waals surface area contributed by atoms with Crippen LogP contribution in [-0.4, -0.2) is 45.5 Å². The van der Waals surface area contributed by atoms with Crippen molar-refractivity contribution < 1.29 is 14.7 Å². The molecule has 146 valence electrons. The van der Waals surface area contributed by atoms with Crippen LogP contribution in [0.3, 0.4) is 0 Å². The van der Waals surface area contributed by atoms with Gasteiger partial charge in [-0.25, -0.2) is 9.78 Å². The van der Waals surface area contributed by atoms with Crippen LogP contribution < -0.4 is 16.2 Å². The fraction of sp³-hybridized carbons (Fsp3) is 0.444. The van der Waals surface area contributed by atoms with Gasteiger partial charge in [-0.1, -0.05) is 37.7 Å². The number of urea groups is 1. The quantitative estimate of drug-likeness (QED) is 0.462. The number of hydrogen-bond acceptors (Lipinski definition) is 6. The number of aromatic nitrogens is 2. The molecule has 0 unspecified atom stereocenters. The number of nitrogens with zero attached hydrogens (tertiary/aromatic N) is 2. The van der Waals surface area contributed by atoms with Gasteiger partial charge in [0.25, 0.3) is 5.56 Å². The van der Waals surface area contributed by atoms with Crippen molar-refractivity contribution in [1.82, 2.24) is 20.2 Å². The Morgan fingerprint density at radius 2 is 2.04 bits per heavy atom. The number of carbonyl (C=O) groups is 2. The van der Waals surface area contributed by atoms with Crippen molar-refractivity contribution in [3.8, 4) is 0 Å². The molecular formula is C18H24N4O4S. The number of para-hydroxylation sites is 1. The van der Waals surface area contributed by atoms with Crippen LogP contribution in [0.4, 0.5) is 4.79 Å².